The Hall–Kier alpha value is -1.06. The third-order valence-electron chi connectivity index (χ3n) is 4.60. The van der Waals surface area contributed by atoms with E-state index in [0.29, 0.717) is 19.4 Å². The summed E-state index contributed by atoms with van der Waals surface area (Å²) in [6.07, 6.45) is 14.4. The molecule has 0 aromatic heterocycles. The first-order chi connectivity index (χ1) is 10.7. The predicted octanol–water partition coefficient (Wildman–Crippen LogP) is 4.37. The maximum absolute atomic E-state index is 12.1. The van der Waals surface area contributed by atoms with Crippen molar-refractivity contribution in [1.82, 2.24) is 4.90 Å². The van der Waals surface area contributed by atoms with Crippen molar-refractivity contribution in [3.63, 3.8) is 0 Å². The minimum Gasteiger partial charge on any atom is -0.480 e. The highest BCUT2D eigenvalue weighted by Crippen LogP contribution is 2.19. The SMILES string of the molecule is CCCCCCCCCCCCC(=O)N1CCC[C@H]1C(=O)O. The summed E-state index contributed by atoms with van der Waals surface area (Å²) in [5, 5.41) is 9.08. The molecule has 1 aliphatic heterocycles. The molecule has 4 heteroatoms. The van der Waals surface area contributed by atoms with Gasteiger partial charge in [-0.15, -0.1) is 0 Å². The van der Waals surface area contributed by atoms with Gasteiger partial charge in [0.2, 0.25) is 5.91 Å². The van der Waals surface area contributed by atoms with Gasteiger partial charge in [-0.3, -0.25) is 4.79 Å². The van der Waals surface area contributed by atoms with E-state index in [0.717, 1.165) is 19.3 Å². The van der Waals surface area contributed by atoms with Gasteiger partial charge in [-0.25, -0.2) is 4.79 Å². The first kappa shape index (κ1) is 19.0. The van der Waals surface area contributed by atoms with E-state index < -0.39 is 12.0 Å². The summed E-state index contributed by atoms with van der Waals surface area (Å²) < 4.78 is 0. The van der Waals surface area contributed by atoms with Crippen molar-refractivity contribution in [2.45, 2.75) is 96.4 Å². The van der Waals surface area contributed by atoms with Gasteiger partial charge in [0.05, 0.1) is 0 Å². The number of likely N-dealkylation sites (tertiary alicyclic amines) is 1. The molecular weight excluding hydrogens is 278 g/mol. The van der Waals surface area contributed by atoms with Crippen LogP contribution in [0.2, 0.25) is 0 Å². The smallest absolute Gasteiger partial charge is 0.326 e. The molecule has 0 radical (unpaired) electrons. The molecule has 1 atom stereocenters. The molecule has 1 N–H and O–H groups in total. The van der Waals surface area contributed by atoms with E-state index in [-0.39, 0.29) is 5.91 Å². The highest BCUT2D eigenvalue weighted by molar-refractivity contribution is 5.84. The van der Waals surface area contributed by atoms with Crippen LogP contribution in [0.25, 0.3) is 0 Å². The largest absolute Gasteiger partial charge is 0.480 e. The molecule has 1 saturated heterocycles. The zero-order valence-electron chi connectivity index (χ0n) is 14.2. The van der Waals surface area contributed by atoms with Crippen LogP contribution >= 0.6 is 0 Å². The number of nitrogens with zero attached hydrogens (tertiary/aromatic N) is 1. The lowest BCUT2D eigenvalue weighted by molar-refractivity contribution is -0.148. The van der Waals surface area contributed by atoms with E-state index >= 15 is 0 Å². The number of rotatable bonds is 12. The molecule has 0 unspecified atom stereocenters. The molecule has 4 nitrogen and oxygen atoms in total. The van der Waals surface area contributed by atoms with Gasteiger partial charge in [-0.2, -0.15) is 0 Å². The lowest BCUT2D eigenvalue weighted by Crippen LogP contribution is -2.40. The molecule has 1 fully saturated rings. The minimum absolute atomic E-state index is 0.0319. The number of carbonyl (C=O) groups is 2. The van der Waals surface area contributed by atoms with Gasteiger partial charge in [0.1, 0.15) is 6.04 Å². The van der Waals surface area contributed by atoms with Gasteiger partial charge in [0.25, 0.3) is 0 Å². The van der Waals surface area contributed by atoms with Crippen LogP contribution in [0.5, 0.6) is 0 Å². The second-order valence-corrected chi connectivity index (χ2v) is 6.52. The summed E-state index contributed by atoms with van der Waals surface area (Å²) in [7, 11) is 0. The summed E-state index contributed by atoms with van der Waals surface area (Å²) >= 11 is 0. The van der Waals surface area contributed by atoms with Crippen LogP contribution in [0.15, 0.2) is 0 Å². The number of carbonyl (C=O) groups excluding carboxylic acids is 1. The first-order valence-corrected chi connectivity index (χ1v) is 9.19. The molecule has 0 aromatic rings. The zero-order chi connectivity index (χ0) is 16.2. The molecule has 1 aliphatic rings. The molecule has 0 bridgehead atoms. The van der Waals surface area contributed by atoms with Crippen molar-refractivity contribution in [2.24, 2.45) is 0 Å². The van der Waals surface area contributed by atoms with Crippen molar-refractivity contribution in [3.8, 4) is 0 Å². The normalized spacial score (nSPS) is 17.9. The number of amides is 1. The van der Waals surface area contributed by atoms with Gasteiger partial charge >= 0.3 is 5.97 Å². The maximum atomic E-state index is 12.1. The molecule has 1 rings (SSSR count). The quantitative estimate of drug-likeness (QED) is 0.544. The highest BCUT2D eigenvalue weighted by Gasteiger charge is 2.33. The van der Waals surface area contributed by atoms with Crippen LogP contribution in [0.3, 0.4) is 0 Å². The van der Waals surface area contributed by atoms with Crippen LogP contribution in [0, 0.1) is 0 Å². The van der Waals surface area contributed by atoms with Crippen molar-refractivity contribution < 1.29 is 14.7 Å². The second kappa shape index (κ2) is 11.5. The van der Waals surface area contributed by atoms with Crippen LogP contribution in [-0.2, 0) is 9.59 Å². The van der Waals surface area contributed by atoms with E-state index in [1.54, 1.807) is 4.90 Å². The van der Waals surface area contributed by atoms with Crippen molar-refractivity contribution in [3.05, 3.63) is 0 Å². The van der Waals surface area contributed by atoms with Gasteiger partial charge in [0, 0.05) is 13.0 Å². The Balaban J connectivity index is 1.98. The Bertz CT molecular complexity index is 330. The fourth-order valence-electron chi connectivity index (χ4n) is 3.23. The number of aliphatic carboxylic acids is 1. The number of unbranched alkanes of at least 4 members (excludes halogenated alkanes) is 9. The standard InChI is InChI=1S/C18H33NO3/c1-2-3-4-5-6-7-8-9-10-11-14-17(20)19-15-12-13-16(19)18(21)22/h16H,2-15H2,1H3,(H,21,22)/t16-/m0/s1. The monoisotopic (exact) mass is 311 g/mol. The molecule has 0 spiro atoms. The van der Waals surface area contributed by atoms with Crippen molar-refractivity contribution in [2.75, 3.05) is 6.54 Å². The van der Waals surface area contributed by atoms with E-state index in [9.17, 15) is 9.59 Å². The van der Waals surface area contributed by atoms with Gasteiger partial charge in [0.15, 0.2) is 0 Å². The Morgan fingerprint density at radius 1 is 0.955 bits per heavy atom. The molecule has 0 saturated carbocycles. The fraction of sp³-hybridized carbons (Fsp3) is 0.889. The first-order valence-electron chi connectivity index (χ1n) is 9.19. The molecule has 0 aromatic carbocycles. The van der Waals surface area contributed by atoms with Crippen molar-refractivity contribution >= 4 is 11.9 Å². The van der Waals surface area contributed by atoms with Crippen molar-refractivity contribution in [1.29, 1.82) is 0 Å². The topological polar surface area (TPSA) is 57.6 Å². The summed E-state index contributed by atoms with van der Waals surface area (Å²) in [4.78, 5) is 24.7. The average molecular weight is 311 g/mol. The summed E-state index contributed by atoms with van der Waals surface area (Å²) in [6, 6.07) is -0.573. The van der Waals surface area contributed by atoms with E-state index in [2.05, 4.69) is 6.92 Å². The molecule has 1 amide bonds. The molecule has 1 heterocycles. The van der Waals surface area contributed by atoms with Crippen LogP contribution in [0.4, 0.5) is 0 Å². The molecule has 128 valence electrons. The number of carboxylic acids is 1. The summed E-state index contributed by atoms with van der Waals surface area (Å²) in [5.41, 5.74) is 0. The Labute approximate surface area is 135 Å². The molecule has 0 aliphatic carbocycles. The molecular formula is C18H33NO3. The predicted molar refractivity (Wildman–Crippen MR) is 88.8 cm³/mol. The number of hydrogen-bond acceptors (Lipinski definition) is 2. The molecule has 22 heavy (non-hydrogen) atoms. The third kappa shape index (κ3) is 7.28. The van der Waals surface area contributed by atoms with Gasteiger partial charge < -0.3 is 10.0 Å². The van der Waals surface area contributed by atoms with Crippen LogP contribution in [0.1, 0.15) is 90.4 Å². The van der Waals surface area contributed by atoms with Crippen LogP contribution in [-0.4, -0.2) is 34.5 Å². The number of hydrogen-bond donors (Lipinski definition) is 1. The number of carboxylic acid groups (broad SMARTS) is 1. The average Bonchev–Trinajstić information content (AvgIpc) is 2.99. The highest BCUT2D eigenvalue weighted by atomic mass is 16.4. The third-order valence-corrected chi connectivity index (χ3v) is 4.60. The Kier molecular flexibility index (Phi) is 9.93. The van der Waals surface area contributed by atoms with Crippen LogP contribution < -0.4 is 0 Å². The van der Waals surface area contributed by atoms with E-state index in [1.807, 2.05) is 0 Å². The Morgan fingerprint density at radius 2 is 1.50 bits per heavy atom. The lowest BCUT2D eigenvalue weighted by Gasteiger charge is -2.21. The minimum atomic E-state index is -0.853. The lowest BCUT2D eigenvalue weighted by atomic mass is 10.1. The van der Waals surface area contributed by atoms with Gasteiger partial charge in [-0.1, -0.05) is 64.7 Å². The Morgan fingerprint density at radius 3 is 2.05 bits per heavy atom. The van der Waals surface area contributed by atoms with Gasteiger partial charge in [-0.05, 0) is 19.3 Å². The fourth-order valence-corrected chi connectivity index (χ4v) is 3.23. The second-order valence-electron chi connectivity index (χ2n) is 6.52. The zero-order valence-corrected chi connectivity index (χ0v) is 14.2. The maximum Gasteiger partial charge on any atom is 0.326 e. The van der Waals surface area contributed by atoms with E-state index in [4.69, 9.17) is 5.11 Å². The summed E-state index contributed by atoms with van der Waals surface area (Å²) in [6.45, 7) is 2.86. The van der Waals surface area contributed by atoms with E-state index in [1.165, 1.54) is 51.4 Å². The summed E-state index contributed by atoms with van der Waals surface area (Å²) in [5.74, 6) is -0.821.